The van der Waals surface area contributed by atoms with Crippen LogP contribution in [0.4, 0.5) is 4.39 Å². The van der Waals surface area contributed by atoms with Crippen LogP contribution in [0.25, 0.3) is 0 Å². The summed E-state index contributed by atoms with van der Waals surface area (Å²) in [6, 6.07) is 0. The van der Waals surface area contributed by atoms with E-state index in [-0.39, 0.29) is 0 Å². The molecule has 1 nitrogen and oxygen atoms in total. The Bertz CT molecular complexity index is 93.3. The van der Waals surface area contributed by atoms with E-state index >= 15 is 0 Å². The van der Waals surface area contributed by atoms with Gasteiger partial charge in [-0.15, -0.1) is 0 Å². The van der Waals surface area contributed by atoms with Gasteiger partial charge in [-0.3, -0.25) is 0 Å². The Morgan fingerprint density at radius 1 is 1.70 bits per heavy atom. The number of unbranched alkanes of at least 4 members (excludes halogenated alkanes) is 1. The minimum Gasteiger partial charge on any atom is -0.386 e. The van der Waals surface area contributed by atoms with Crippen molar-refractivity contribution in [1.82, 2.24) is 0 Å². The van der Waals surface area contributed by atoms with Crippen LogP contribution in [0.15, 0.2) is 6.08 Å². The summed E-state index contributed by atoms with van der Waals surface area (Å²) in [5.74, 6) is 0. The molecular weight excluding hydrogens is 131 g/mol. The van der Waals surface area contributed by atoms with Crippen molar-refractivity contribution in [3.8, 4) is 0 Å². The van der Waals surface area contributed by atoms with E-state index < -0.39 is 12.3 Å². The molecule has 0 saturated heterocycles. The molecule has 0 amide bonds. The molecule has 0 aromatic heterocycles. The first-order chi connectivity index (χ1) is 4.72. The molecule has 0 fully saturated rings. The van der Waals surface area contributed by atoms with E-state index in [9.17, 15) is 4.39 Å². The highest BCUT2D eigenvalue weighted by atomic mass is 19.1. The number of hydrogen-bond acceptors (Lipinski definition) is 1. The summed E-state index contributed by atoms with van der Waals surface area (Å²) in [6.45, 7) is 6.91. The van der Waals surface area contributed by atoms with Gasteiger partial charge in [0.2, 0.25) is 0 Å². The Hall–Kier alpha value is -0.370. The van der Waals surface area contributed by atoms with Gasteiger partial charge < -0.3 is 5.11 Å². The highest BCUT2D eigenvalue weighted by Crippen LogP contribution is 2.08. The molecule has 2 atom stereocenters. The lowest BCUT2D eigenvalue weighted by atomic mass is 10.1. The van der Waals surface area contributed by atoms with E-state index in [1.165, 1.54) is 0 Å². The highest BCUT2D eigenvalue weighted by Gasteiger charge is 2.12. The quantitative estimate of drug-likeness (QED) is 0.626. The lowest BCUT2D eigenvalue weighted by Gasteiger charge is -2.09. The van der Waals surface area contributed by atoms with Crippen LogP contribution in [0.5, 0.6) is 0 Å². The second-order valence-corrected chi connectivity index (χ2v) is 2.34. The van der Waals surface area contributed by atoms with Crippen molar-refractivity contribution in [2.45, 2.75) is 38.5 Å². The van der Waals surface area contributed by atoms with Crippen molar-refractivity contribution < 1.29 is 9.50 Å². The lowest BCUT2D eigenvalue weighted by Crippen LogP contribution is -2.18. The Labute approximate surface area is 61.6 Å². The van der Waals surface area contributed by atoms with Gasteiger partial charge in [-0.2, -0.15) is 0 Å². The van der Waals surface area contributed by atoms with Gasteiger partial charge in [0.1, 0.15) is 12.3 Å². The average molecular weight is 145 g/mol. The molecule has 0 saturated carbocycles. The van der Waals surface area contributed by atoms with Crippen LogP contribution < -0.4 is 0 Å². The van der Waals surface area contributed by atoms with E-state index in [1.54, 1.807) is 0 Å². The summed E-state index contributed by atoms with van der Waals surface area (Å²) in [5.41, 5.74) is 0. The predicted molar refractivity (Wildman–Crippen MR) is 39.3 cm³/mol. The second-order valence-electron chi connectivity index (χ2n) is 2.34. The summed E-state index contributed by atoms with van der Waals surface area (Å²) >= 11 is 0. The first kappa shape index (κ1) is 9.63. The van der Waals surface area contributed by atoms with Crippen molar-refractivity contribution in [2.24, 2.45) is 0 Å². The van der Waals surface area contributed by atoms with Crippen LogP contribution in [-0.4, -0.2) is 17.4 Å². The Balaban J connectivity index is 3.40. The first-order valence-corrected chi connectivity index (χ1v) is 3.59. The Morgan fingerprint density at radius 2 is 2.30 bits per heavy atom. The molecule has 2 unspecified atom stereocenters. The Morgan fingerprint density at radius 3 is 2.70 bits per heavy atom. The van der Waals surface area contributed by atoms with Gasteiger partial charge in [0.15, 0.2) is 0 Å². The number of aliphatic hydroxyl groups excluding tert-OH is 1. The molecule has 0 aromatic rings. The molecule has 0 aliphatic carbocycles. The molecule has 1 N–H and O–H groups in total. The van der Waals surface area contributed by atoms with E-state index in [0.29, 0.717) is 6.42 Å². The zero-order valence-corrected chi connectivity index (χ0v) is 6.26. The van der Waals surface area contributed by atoms with Gasteiger partial charge in [-0.1, -0.05) is 32.4 Å². The van der Waals surface area contributed by atoms with Gasteiger partial charge in [-0.05, 0) is 6.42 Å². The smallest absolute Gasteiger partial charge is 0.129 e. The lowest BCUT2D eigenvalue weighted by molar-refractivity contribution is 0.108. The van der Waals surface area contributed by atoms with Crippen LogP contribution in [-0.2, 0) is 0 Å². The fourth-order valence-corrected chi connectivity index (χ4v) is 0.690. The highest BCUT2D eigenvalue weighted by molar-refractivity contribution is 4.81. The summed E-state index contributed by atoms with van der Waals surface area (Å²) in [5, 5.41) is 8.80. The molecule has 0 bridgehead atoms. The maximum absolute atomic E-state index is 12.6. The van der Waals surface area contributed by atoms with Crippen molar-refractivity contribution in [3.63, 3.8) is 0 Å². The van der Waals surface area contributed by atoms with E-state index in [2.05, 4.69) is 0 Å². The molecule has 1 radical (unpaired) electrons. The number of rotatable bonds is 5. The van der Waals surface area contributed by atoms with Gasteiger partial charge in [-0.25, -0.2) is 4.39 Å². The summed E-state index contributed by atoms with van der Waals surface area (Å²) in [4.78, 5) is 0. The van der Waals surface area contributed by atoms with Gasteiger partial charge in [0, 0.05) is 0 Å². The SMILES string of the molecule is [CH]=CC(O)C(F)CCCC. The zero-order valence-electron chi connectivity index (χ0n) is 6.26. The molecule has 59 valence electrons. The number of aliphatic hydroxyl groups is 1. The maximum atomic E-state index is 12.6. The minimum absolute atomic E-state index is 0.394. The molecule has 2 heteroatoms. The fourth-order valence-electron chi connectivity index (χ4n) is 0.690. The Kier molecular flexibility index (Phi) is 5.22. The van der Waals surface area contributed by atoms with Crippen molar-refractivity contribution in [1.29, 1.82) is 0 Å². The summed E-state index contributed by atoms with van der Waals surface area (Å²) in [6.07, 6.45) is 0.839. The zero-order chi connectivity index (χ0) is 7.98. The molecule has 0 spiro atoms. The summed E-state index contributed by atoms with van der Waals surface area (Å²) in [7, 11) is 0. The molecular formula is C8H14FO. The topological polar surface area (TPSA) is 20.2 Å². The van der Waals surface area contributed by atoms with Crippen LogP contribution in [0.2, 0.25) is 0 Å². The van der Waals surface area contributed by atoms with E-state index in [1.807, 2.05) is 6.92 Å². The number of halogens is 1. The molecule has 0 aliphatic rings. The molecule has 10 heavy (non-hydrogen) atoms. The number of alkyl halides is 1. The average Bonchev–Trinajstić information content (AvgIpc) is 1.98. The minimum atomic E-state index is -1.19. The van der Waals surface area contributed by atoms with Crippen LogP contribution in [0.1, 0.15) is 26.2 Å². The molecule has 0 rings (SSSR count). The van der Waals surface area contributed by atoms with Crippen LogP contribution >= 0.6 is 0 Å². The first-order valence-electron chi connectivity index (χ1n) is 3.59. The third kappa shape index (κ3) is 3.62. The van der Waals surface area contributed by atoms with E-state index in [4.69, 9.17) is 11.7 Å². The maximum Gasteiger partial charge on any atom is 0.129 e. The predicted octanol–water partition coefficient (Wildman–Crippen LogP) is 1.86. The van der Waals surface area contributed by atoms with E-state index in [0.717, 1.165) is 18.9 Å². The number of hydrogen-bond donors (Lipinski definition) is 1. The molecule has 0 aliphatic heterocycles. The fraction of sp³-hybridized carbons (Fsp3) is 0.750. The third-order valence-electron chi connectivity index (χ3n) is 1.40. The standard InChI is InChI=1S/C8H14FO/c1-3-5-6-7(9)8(10)4-2/h2,4,7-8,10H,3,5-6H2,1H3. The monoisotopic (exact) mass is 145 g/mol. The van der Waals surface area contributed by atoms with Crippen LogP contribution in [0, 0.1) is 6.58 Å². The van der Waals surface area contributed by atoms with Gasteiger partial charge >= 0.3 is 0 Å². The second kappa shape index (κ2) is 5.42. The van der Waals surface area contributed by atoms with Crippen molar-refractivity contribution in [3.05, 3.63) is 12.7 Å². The van der Waals surface area contributed by atoms with Gasteiger partial charge in [0.05, 0.1) is 0 Å². The van der Waals surface area contributed by atoms with Crippen molar-refractivity contribution in [2.75, 3.05) is 0 Å². The largest absolute Gasteiger partial charge is 0.386 e. The molecule has 0 aromatic carbocycles. The van der Waals surface area contributed by atoms with Gasteiger partial charge in [0.25, 0.3) is 0 Å². The van der Waals surface area contributed by atoms with Crippen molar-refractivity contribution >= 4 is 0 Å². The van der Waals surface area contributed by atoms with Crippen LogP contribution in [0.3, 0.4) is 0 Å². The normalized spacial score (nSPS) is 16.3. The summed E-state index contributed by atoms with van der Waals surface area (Å²) < 4.78 is 12.6. The third-order valence-corrected chi connectivity index (χ3v) is 1.40. The molecule has 0 heterocycles.